The number of carbonyl (C=O) groups excluding carboxylic acids is 3. The Kier molecular flexibility index (Phi) is 9.40. The first-order valence-electron chi connectivity index (χ1n) is 15.8. The van der Waals surface area contributed by atoms with Crippen molar-refractivity contribution in [2.75, 3.05) is 31.6 Å². The minimum atomic E-state index is -0.480. The third-order valence-corrected chi connectivity index (χ3v) is 8.71. The number of ketones is 1. The summed E-state index contributed by atoms with van der Waals surface area (Å²) in [7, 11) is 1.62. The van der Waals surface area contributed by atoms with Gasteiger partial charge in [0.1, 0.15) is 17.2 Å². The summed E-state index contributed by atoms with van der Waals surface area (Å²) >= 11 is 0. The number of rotatable bonds is 9. The number of Topliss-reactive ketones (excluding diaryl/α,β-unsaturated/α-hetero) is 1. The predicted octanol–water partition coefficient (Wildman–Crippen LogP) is 7.04. The van der Waals surface area contributed by atoms with Crippen molar-refractivity contribution >= 4 is 29.0 Å². The lowest BCUT2D eigenvalue weighted by Crippen LogP contribution is -2.29. The molecule has 1 fully saturated rings. The Hall–Kier alpha value is -5.35. The third kappa shape index (κ3) is 6.92. The normalized spacial score (nSPS) is 15.3. The standard InChI is InChI=1S/C28H28N2O4.C9H7NO3/c1-33-26-18-21(12-11-20(26)8-7-17-29-15-5-6-16-29)30-27(31)24-14-13-23(19-25(24)28(30)32)34-22-9-3-2-4-10-22;11-9-4-2-6-1-3-7(10(12)13)5-8(6)9/h2-4,9-14,18-19H,5-8,15-17H2,1H3;1,3,5H,2,4H2. The number of amides is 2. The van der Waals surface area contributed by atoms with Gasteiger partial charge >= 0.3 is 0 Å². The zero-order valence-electron chi connectivity index (χ0n) is 26.1. The van der Waals surface area contributed by atoms with Crippen LogP contribution in [0.3, 0.4) is 0 Å². The average molecular weight is 634 g/mol. The number of benzene rings is 4. The van der Waals surface area contributed by atoms with E-state index in [4.69, 9.17) is 9.47 Å². The van der Waals surface area contributed by atoms with Crippen molar-refractivity contribution in [3.8, 4) is 17.2 Å². The number of para-hydroxylation sites is 1. The number of nitro groups is 1. The fourth-order valence-corrected chi connectivity index (χ4v) is 6.26. The summed E-state index contributed by atoms with van der Waals surface area (Å²) in [5.41, 5.74) is 3.75. The largest absolute Gasteiger partial charge is 0.496 e. The van der Waals surface area contributed by atoms with E-state index in [9.17, 15) is 24.5 Å². The number of likely N-dealkylation sites (tertiary alicyclic amines) is 1. The molecular weight excluding hydrogens is 598 g/mol. The number of ether oxygens (including phenoxy) is 2. The van der Waals surface area contributed by atoms with E-state index in [0.717, 1.165) is 30.5 Å². The molecule has 4 aromatic rings. The van der Waals surface area contributed by atoms with Gasteiger partial charge < -0.3 is 14.4 Å². The maximum Gasteiger partial charge on any atom is 0.270 e. The highest BCUT2D eigenvalue weighted by Crippen LogP contribution is 2.35. The van der Waals surface area contributed by atoms with Gasteiger partial charge in [-0.2, -0.15) is 0 Å². The first kappa shape index (κ1) is 31.6. The van der Waals surface area contributed by atoms with Crippen LogP contribution in [0.4, 0.5) is 11.4 Å². The Morgan fingerprint density at radius 3 is 2.30 bits per heavy atom. The molecule has 10 nitrogen and oxygen atoms in total. The molecule has 4 aromatic carbocycles. The fourth-order valence-electron chi connectivity index (χ4n) is 6.26. The van der Waals surface area contributed by atoms with Crippen molar-refractivity contribution in [3.63, 3.8) is 0 Å². The van der Waals surface area contributed by atoms with Crippen molar-refractivity contribution in [1.29, 1.82) is 0 Å². The molecular formula is C37H35N3O7. The van der Waals surface area contributed by atoms with E-state index < -0.39 is 4.92 Å². The first-order chi connectivity index (χ1) is 22.8. The zero-order chi connectivity index (χ0) is 32.9. The van der Waals surface area contributed by atoms with Gasteiger partial charge in [0.25, 0.3) is 17.5 Å². The molecule has 2 heterocycles. The van der Waals surface area contributed by atoms with E-state index in [-0.39, 0.29) is 23.3 Å². The zero-order valence-corrected chi connectivity index (χ0v) is 26.1. The third-order valence-electron chi connectivity index (χ3n) is 8.71. The number of carbonyl (C=O) groups is 3. The van der Waals surface area contributed by atoms with Gasteiger partial charge in [0.05, 0.1) is 28.8 Å². The lowest BCUT2D eigenvalue weighted by molar-refractivity contribution is -0.384. The van der Waals surface area contributed by atoms with Crippen LogP contribution in [0.5, 0.6) is 17.2 Å². The number of methoxy groups -OCH3 is 1. The summed E-state index contributed by atoms with van der Waals surface area (Å²) in [6.07, 6.45) is 5.72. The topological polar surface area (TPSA) is 119 Å². The highest BCUT2D eigenvalue weighted by atomic mass is 16.6. The van der Waals surface area contributed by atoms with Crippen molar-refractivity contribution in [3.05, 3.63) is 123 Å². The van der Waals surface area contributed by atoms with Gasteiger partial charge in [0.15, 0.2) is 5.78 Å². The molecule has 0 aromatic heterocycles. The minimum absolute atomic E-state index is 0.00556. The van der Waals surface area contributed by atoms with E-state index in [0.29, 0.717) is 52.5 Å². The molecule has 1 aliphatic carbocycles. The summed E-state index contributed by atoms with van der Waals surface area (Å²) in [5.74, 6) is 1.19. The summed E-state index contributed by atoms with van der Waals surface area (Å²) in [6, 6.07) is 24.4. The van der Waals surface area contributed by atoms with E-state index in [2.05, 4.69) is 4.90 Å². The van der Waals surface area contributed by atoms with E-state index in [1.165, 1.54) is 43.0 Å². The Balaban J connectivity index is 0.000000248. The minimum Gasteiger partial charge on any atom is -0.496 e. The molecule has 10 heteroatoms. The maximum absolute atomic E-state index is 13.2. The van der Waals surface area contributed by atoms with Gasteiger partial charge in [0, 0.05) is 30.2 Å². The lowest BCUT2D eigenvalue weighted by Gasteiger charge is -2.18. The molecule has 2 aliphatic heterocycles. The van der Waals surface area contributed by atoms with Gasteiger partial charge in [-0.25, -0.2) is 4.90 Å². The fraction of sp³-hybridized carbons (Fsp3) is 0.270. The second-order valence-electron chi connectivity index (χ2n) is 11.7. The van der Waals surface area contributed by atoms with Crippen LogP contribution in [0, 0.1) is 10.1 Å². The molecule has 0 atom stereocenters. The first-order valence-corrected chi connectivity index (χ1v) is 15.8. The van der Waals surface area contributed by atoms with Crippen LogP contribution >= 0.6 is 0 Å². The second-order valence-corrected chi connectivity index (χ2v) is 11.7. The van der Waals surface area contributed by atoms with Crippen LogP contribution < -0.4 is 14.4 Å². The smallest absolute Gasteiger partial charge is 0.270 e. The number of non-ortho nitro benzene ring substituents is 1. The second kappa shape index (κ2) is 14.0. The Bertz CT molecular complexity index is 1830. The van der Waals surface area contributed by atoms with E-state index >= 15 is 0 Å². The van der Waals surface area contributed by atoms with Crippen molar-refractivity contribution in [1.82, 2.24) is 4.90 Å². The van der Waals surface area contributed by atoms with Crippen molar-refractivity contribution in [2.45, 2.75) is 38.5 Å². The summed E-state index contributed by atoms with van der Waals surface area (Å²) in [4.78, 5) is 51.2. The number of nitrogens with zero attached hydrogens (tertiary/aromatic N) is 3. The van der Waals surface area contributed by atoms with Crippen LogP contribution in [-0.4, -0.2) is 54.2 Å². The summed E-state index contributed by atoms with van der Waals surface area (Å²) in [6.45, 7) is 3.46. The Morgan fingerprint density at radius 2 is 1.55 bits per heavy atom. The number of fused-ring (bicyclic) bond motifs is 2. The molecule has 2 amide bonds. The lowest BCUT2D eigenvalue weighted by atomic mass is 10.1. The van der Waals surface area contributed by atoms with Gasteiger partial charge in [-0.3, -0.25) is 24.5 Å². The molecule has 0 N–H and O–H groups in total. The Labute approximate surface area is 272 Å². The highest BCUT2D eigenvalue weighted by Gasteiger charge is 2.37. The molecule has 3 aliphatic rings. The van der Waals surface area contributed by atoms with Gasteiger partial charge in [-0.1, -0.05) is 30.3 Å². The molecule has 0 radical (unpaired) electrons. The van der Waals surface area contributed by atoms with Gasteiger partial charge in [0.2, 0.25) is 0 Å². The average Bonchev–Trinajstić information content (AvgIpc) is 3.80. The van der Waals surface area contributed by atoms with Crippen LogP contribution in [-0.2, 0) is 12.8 Å². The van der Waals surface area contributed by atoms with Crippen LogP contribution in [0.2, 0.25) is 0 Å². The molecule has 7 rings (SSSR count). The molecule has 0 unspecified atom stereocenters. The number of aryl methyl sites for hydroxylation is 2. The predicted molar refractivity (Wildman–Crippen MR) is 177 cm³/mol. The van der Waals surface area contributed by atoms with Crippen molar-refractivity contribution in [2.24, 2.45) is 0 Å². The van der Waals surface area contributed by atoms with Crippen LogP contribution in [0.25, 0.3) is 0 Å². The quantitative estimate of drug-likeness (QED) is 0.109. The maximum atomic E-state index is 13.2. The molecule has 0 bridgehead atoms. The van der Waals surface area contributed by atoms with E-state index in [1.54, 1.807) is 37.4 Å². The van der Waals surface area contributed by atoms with Gasteiger partial charge in [-0.05, 0) is 99.3 Å². The molecule has 240 valence electrons. The molecule has 0 saturated carbocycles. The monoisotopic (exact) mass is 633 g/mol. The number of hydrogen-bond acceptors (Lipinski definition) is 8. The number of anilines is 1. The summed E-state index contributed by atoms with van der Waals surface area (Å²) in [5, 5.41) is 10.4. The molecule has 47 heavy (non-hydrogen) atoms. The SMILES string of the molecule is COc1cc(N2C(=O)c3ccc(Oc4ccccc4)cc3C2=O)ccc1CCCN1CCCC1.O=C1CCc2ccc([N+](=O)[O-])cc21. The highest BCUT2D eigenvalue weighted by molar-refractivity contribution is 6.34. The van der Waals surface area contributed by atoms with Gasteiger partial charge in [-0.15, -0.1) is 0 Å². The molecule has 1 saturated heterocycles. The molecule has 0 spiro atoms. The number of imide groups is 1. The number of hydrogen-bond donors (Lipinski definition) is 0. The van der Waals surface area contributed by atoms with Crippen LogP contribution in [0.1, 0.15) is 67.9 Å². The van der Waals surface area contributed by atoms with Crippen molar-refractivity contribution < 1.29 is 28.8 Å². The van der Waals surface area contributed by atoms with Crippen LogP contribution in [0.15, 0.2) is 84.9 Å². The number of nitro benzene ring substituents is 1. The Morgan fingerprint density at radius 1 is 0.787 bits per heavy atom. The van der Waals surface area contributed by atoms with E-state index in [1.807, 2.05) is 42.5 Å². The summed E-state index contributed by atoms with van der Waals surface area (Å²) < 4.78 is 11.5.